The Kier molecular flexibility index (Phi) is 2.38. The molecule has 0 fully saturated rings. The van der Waals surface area contributed by atoms with Gasteiger partial charge in [0, 0.05) is 0 Å². The Morgan fingerprint density at radius 3 is 2.64 bits per heavy atom. The van der Waals surface area contributed by atoms with Gasteiger partial charge in [-0.2, -0.15) is 0 Å². The molecule has 1 aromatic rings. The van der Waals surface area contributed by atoms with Gasteiger partial charge >= 0.3 is 0 Å². The minimum absolute atomic E-state index is 0.188. The summed E-state index contributed by atoms with van der Waals surface area (Å²) in [6.45, 7) is -0.188. The minimum atomic E-state index is -0.188. The van der Waals surface area contributed by atoms with Gasteiger partial charge in [0.15, 0.2) is 11.5 Å². The van der Waals surface area contributed by atoms with Crippen LogP contribution in [0.15, 0.2) is 10.7 Å². The van der Waals surface area contributed by atoms with Crippen molar-refractivity contribution in [2.24, 2.45) is 0 Å². The predicted molar refractivity (Wildman–Crippen MR) is 37.7 cm³/mol. The van der Waals surface area contributed by atoms with E-state index in [1.54, 1.807) is 0 Å². The largest absolute Gasteiger partial charge is 0.490 e. The number of furan rings is 1. The van der Waals surface area contributed by atoms with Crippen LogP contribution in [0.3, 0.4) is 0 Å². The van der Waals surface area contributed by atoms with E-state index in [1.165, 1.54) is 20.5 Å². The fourth-order valence-electron chi connectivity index (χ4n) is 0.833. The van der Waals surface area contributed by atoms with Gasteiger partial charge in [-0.3, -0.25) is 0 Å². The van der Waals surface area contributed by atoms with E-state index in [0.717, 1.165) is 0 Å². The third kappa shape index (κ3) is 1.30. The van der Waals surface area contributed by atoms with Crippen molar-refractivity contribution in [2.45, 2.75) is 6.61 Å². The zero-order valence-corrected chi connectivity index (χ0v) is 6.46. The summed E-state index contributed by atoms with van der Waals surface area (Å²) in [5.74, 6) is 1.33. The molecule has 0 atom stereocenters. The molecule has 0 aliphatic carbocycles. The number of aliphatic hydroxyl groups is 1. The monoisotopic (exact) mass is 158 g/mol. The molecule has 0 spiro atoms. The van der Waals surface area contributed by atoms with E-state index in [9.17, 15) is 0 Å². The molecule has 1 rings (SSSR count). The Balaban J connectivity index is 2.99. The van der Waals surface area contributed by atoms with Crippen molar-refractivity contribution in [3.63, 3.8) is 0 Å². The Morgan fingerprint density at radius 2 is 2.18 bits per heavy atom. The highest BCUT2D eigenvalue weighted by Gasteiger charge is 2.13. The lowest BCUT2D eigenvalue weighted by Gasteiger charge is -1.99. The maximum absolute atomic E-state index is 8.73. The standard InChI is InChI=1S/C7H10O4/c1-9-6-4-11-5(3-8)7(6)10-2/h4,8H,3H2,1-2H3. The molecule has 0 unspecified atom stereocenters. The molecule has 1 N–H and O–H groups in total. The molecule has 0 saturated carbocycles. The second kappa shape index (κ2) is 3.30. The smallest absolute Gasteiger partial charge is 0.205 e. The van der Waals surface area contributed by atoms with Crippen LogP contribution in [0.25, 0.3) is 0 Å². The average Bonchev–Trinajstić information content (AvgIpc) is 2.45. The maximum atomic E-state index is 8.73. The van der Waals surface area contributed by atoms with Gasteiger partial charge in [-0.05, 0) is 0 Å². The van der Waals surface area contributed by atoms with Crippen molar-refractivity contribution in [1.82, 2.24) is 0 Å². The Bertz CT molecular complexity index is 207. The minimum Gasteiger partial charge on any atom is -0.490 e. The molecule has 62 valence electrons. The summed E-state index contributed by atoms with van der Waals surface area (Å²) >= 11 is 0. The summed E-state index contributed by atoms with van der Waals surface area (Å²) in [4.78, 5) is 0. The van der Waals surface area contributed by atoms with Crippen molar-refractivity contribution in [3.8, 4) is 11.5 Å². The molecule has 1 heterocycles. The van der Waals surface area contributed by atoms with Gasteiger partial charge in [-0.1, -0.05) is 0 Å². The van der Waals surface area contributed by atoms with Crippen LogP contribution >= 0.6 is 0 Å². The van der Waals surface area contributed by atoms with E-state index in [-0.39, 0.29) is 6.61 Å². The first-order valence-corrected chi connectivity index (χ1v) is 3.12. The fourth-order valence-corrected chi connectivity index (χ4v) is 0.833. The normalized spacial score (nSPS) is 9.73. The second-order valence-electron chi connectivity index (χ2n) is 1.92. The lowest BCUT2D eigenvalue weighted by atomic mass is 10.4. The molecule has 0 bridgehead atoms. The van der Waals surface area contributed by atoms with E-state index in [4.69, 9.17) is 19.0 Å². The topological polar surface area (TPSA) is 51.8 Å². The highest BCUT2D eigenvalue weighted by molar-refractivity contribution is 5.40. The molecule has 1 aromatic heterocycles. The van der Waals surface area contributed by atoms with Gasteiger partial charge < -0.3 is 19.0 Å². The highest BCUT2D eigenvalue weighted by Crippen LogP contribution is 2.32. The lowest BCUT2D eigenvalue weighted by Crippen LogP contribution is -1.89. The van der Waals surface area contributed by atoms with E-state index >= 15 is 0 Å². The van der Waals surface area contributed by atoms with E-state index in [2.05, 4.69) is 0 Å². The summed E-state index contributed by atoms with van der Waals surface area (Å²) in [5.41, 5.74) is 0. The zero-order valence-electron chi connectivity index (χ0n) is 6.46. The van der Waals surface area contributed by atoms with Crippen LogP contribution in [0.2, 0.25) is 0 Å². The SMILES string of the molecule is COc1coc(CO)c1OC. The van der Waals surface area contributed by atoms with Gasteiger partial charge in [0.1, 0.15) is 12.9 Å². The summed E-state index contributed by atoms with van der Waals surface area (Å²) < 4.78 is 14.7. The van der Waals surface area contributed by atoms with Crippen LogP contribution in [0.4, 0.5) is 0 Å². The summed E-state index contributed by atoms with van der Waals surface area (Å²) in [6.07, 6.45) is 1.39. The first-order chi connectivity index (χ1) is 5.33. The molecule has 11 heavy (non-hydrogen) atoms. The van der Waals surface area contributed by atoms with Crippen molar-refractivity contribution in [1.29, 1.82) is 0 Å². The number of hydrogen-bond acceptors (Lipinski definition) is 4. The number of hydrogen-bond donors (Lipinski definition) is 1. The Morgan fingerprint density at radius 1 is 1.45 bits per heavy atom. The first kappa shape index (κ1) is 7.94. The number of rotatable bonds is 3. The average molecular weight is 158 g/mol. The molecule has 0 radical (unpaired) electrons. The van der Waals surface area contributed by atoms with Crippen LogP contribution in [0.1, 0.15) is 5.76 Å². The van der Waals surface area contributed by atoms with Crippen LogP contribution < -0.4 is 9.47 Å². The van der Waals surface area contributed by atoms with Gasteiger partial charge in [0.05, 0.1) is 14.2 Å². The summed E-state index contributed by atoms with van der Waals surface area (Å²) in [6, 6.07) is 0. The summed E-state index contributed by atoms with van der Waals surface area (Å²) in [5, 5.41) is 8.73. The second-order valence-corrected chi connectivity index (χ2v) is 1.92. The van der Waals surface area contributed by atoms with Crippen LogP contribution in [-0.4, -0.2) is 19.3 Å². The molecular weight excluding hydrogens is 148 g/mol. The van der Waals surface area contributed by atoms with Gasteiger partial charge in [0.25, 0.3) is 0 Å². The third-order valence-electron chi connectivity index (χ3n) is 1.35. The fraction of sp³-hybridized carbons (Fsp3) is 0.429. The molecule has 4 heteroatoms. The van der Waals surface area contributed by atoms with E-state index in [0.29, 0.717) is 17.3 Å². The molecule has 0 aromatic carbocycles. The van der Waals surface area contributed by atoms with Gasteiger partial charge in [-0.15, -0.1) is 0 Å². The van der Waals surface area contributed by atoms with Gasteiger partial charge in [-0.25, -0.2) is 0 Å². The molecule has 0 saturated heterocycles. The molecule has 4 nitrogen and oxygen atoms in total. The lowest BCUT2D eigenvalue weighted by molar-refractivity contribution is 0.238. The van der Waals surface area contributed by atoms with Gasteiger partial charge in [0.2, 0.25) is 5.75 Å². The molecule has 0 amide bonds. The predicted octanol–water partition coefficient (Wildman–Crippen LogP) is 0.789. The van der Waals surface area contributed by atoms with Crippen molar-refractivity contribution < 1.29 is 19.0 Å². The number of aliphatic hydroxyl groups excluding tert-OH is 1. The number of ether oxygens (including phenoxy) is 2. The van der Waals surface area contributed by atoms with Crippen LogP contribution in [0, 0.1) is 0 Å². The van der Waals surface area contributed by atoms with Crippen molar-refractivity contribution in [2.75, 3.05) is 14.2 Å². The first-order valence-electron chi connectivity index (χ1n) is 3.12. The molecule has 0 aliphatic rings. The van der Waals surface area contributed by atoms with E-state index < -0.39 is 0 Å². The van der Waals surface area contributed by atoms with Crippen LogP contribution in [0.5, 0.6) is 11.5 Å². The third-order valence-corrected chi connectivity index (χ3v) is 1.35. The van der Waals surface area contributed by atoms with Crippen molar-refractivity contribution >= 4 is 0 Å². The zero-order chi connectivity index (χ0) is 8.27. The highest BCUT2D eigenvalue weighted by atomic mass is 16.5. The van der Waals surface area contributed by atoms with Crippen molar-refractivity contribution in [3.05, 3.63) is 12.0 Å². The van der Waals surface area contributed by atoms with Crippen LogP contribution in [-0.2, 0) is 6.61 Å². The maximum Gasteiger partial charge on any atom is 0.205 e. The van der Waals surface area contributed by atoms with E-state index in [1.807, 2.05) is 0 Å². The molecule has 0 aliphatic heterocycles. The Labute approximate surface area is 64.3 Å². The Hall–Kier alpha value is -1.16. The quantitative estimate of drug-likeness (QED) is 0.706. The number of methoxy groups -OCH3 is 2. The molecular formula is C7H10O4. The summed E-state index contributed by atoms with van der Waals surface area (Å²) in [7, 11) is 3.00.